The largest absolute Gasteiger partial charge is 0.377 e. The van der Waals surface area contributed by atoms with Crippen LogP contribution in [0.1, 0.15) is 57.4 Å². The maximum Gasteiger partial charge on any atom is 0.172 e. The van der Waals surface area contributed by atoms with E-state index >= 15 is 0 Å². The lowest BCUT2D eigenvalue weighted by Gasteiger charge is -2.50. The Hall–Kier alpha value is -1.27. The van der Waals surface area contributed by atoms with E-state index < -0.39 is 0 Å². The summed E-state index contributed by atoms with van der Waals surface area (Å²) in [7, 11) is 0. The van der Waals surface area contributed by atoms with Gasteiger partial charge in [0.1, 0.15) is 0 Å². The smallest absolute Gasteiger partial charge is 0.172 e. The standard InChI is InChI=1S/C27H37NO3S/c1-3-21(2)27(13-8-16-29-19-22-9-5-4-6-10-22)23-11-7-12-25(23)20-26(30-17-18-31-26)14-15-28(25)24(27)32/h3-6,9-10,21,23H,1,7-8,11-20H2,2H3/t21?,23-,25-,27+/m0/s1. The maximum atomic E-state index is 6.32. The highest BCUT2D eigenvalue weighted by atomic mass is 32.1. The van der Waals surface area contributed by atoms with Crippen LogP contribution in [0, 0.1) is 17.3 Å². The van der Waals surface area contributed by atoms with Crippen molar-refractivity contribution in [3.8, 4) is 0 Å². The van der Waals surface area contributed by atoms with E-state index in [4.69, 9.17) is 26.4 Å². The predicted octanol–water partition coefficient (Wildman–Crippen LogP) is 5.51. The molecule has 3 saturated heterocycles. The summed E-state index contributed by atoms with van der Waals surface area (Å²) in [6.07, 6.45) is 9.78. The molecule has 5 heteroatoms. The van der Waals surface area contributed by atoms with Gasteiger partial charge in [-0.15, -0.1) is 6.58 Å². The van der Waals surface area contributed by atoms with Gasteiger partial charge < -0.3 is 19.1 Å². The Morgan fingerprint density at radius 3 is 2.78 bits per heavy atom. The van der Waals surface area contributed by atoms with Crippen molar-refractivity contribution in [2.75, 3.05) is 26.4 Å². The van der Waals surface area contributed by atoms with Crippen LogP contribution < -0.4 is 0 Å². The zero-order valence-electron chi connectivity index (χ0n) is 19.4. The fourth-order valence-electron chi connectivity index (χ4n) is 7.39. The first-order valence-corrected chi connectivity index (χ1v) is 12.8. The highest BCUT2D eigenvalue weighted by Gasteiger charge is 2.69. The van der Waals surface area contributed by atoms with Gasteiger partial charge in [0.05, 0.1) is 24.8 Å². The van der Waals surface area contributed by atoms with Gasteiger partial charge in [0, 0.05) is 36.9 Å². The highest BCUT2D eigenvalue weighted by Crippen LogP contribution is 2.65. The summed E-state index contributed by atoms with van der Waals surface area (Å²) >= 11 is 6.32. The molecule has 174 valence electrons. The van der Waals surface area contributed by atoms with Crippen LogP contribution in [0.4, 0.5) is 0 Å². The molecule has 5 rings (SSSR count). The third-order valence-electron chi connectivity index (χ3n) is 8.82. The van der Waals surface area contributed by atoms with Gasteiger partial charge in [-0.2, -0.15) is 0 Å². The molecule has 0 radical (unpaired) electrons. The number of thiocarbonyl (C=S) groups is 1. The first-order chi connectivity index (χ1) is 15.6. The molecule has 4 fully saturated rings. The molecule has 1 aromatic rings. The number of ether oxygens (including phenoxy) is 3. The molecule has 4 nitrogen and oxygen atoms in total. The van der Waals surface area contributed by atoms with E-state index in [1.54, 1.807) is 0 Å². The third kappa shape index (κ3) is 3.48. The van der Waals surface area contributed by atoms with Crippen LogP contribution in [-0.4, -0.2) is 47.6 Å². The molecule has 1 aromatic carbocycles. The molecule has 4 aliphatic rings. The zero-order chi connectivity index (χ0) is 22.2. The van der Waals surface area contributed by atoms with Crippen LogP contribution in [0.5, 0.6) is 0 Å². The topological polar surface area (TPSA) is 30.9 Å². The average Bonchev–Trinajstić information content (AvgIpc) is 3.48. The van der Waals surface area contributed by atoms with Gasteiger partial charge in [-0.1, -0.05) is 62.0 Å². The first-order valence-electron chi connectivity index (χ1n) is 12.4. The van der Waals surface area contributed by atoms with Gasteiger partial charge in [0.2, 0.25) is 0 Å². The summed E-state index contributed by atoms with van der Waals surface area (Å²) in [6, 6.07) is 10.4. The first kappa shape index (κ1) is 22.5. The Balaban J connectivity index is 1.34. The molecule has 32 heavy (non-hydrogen) atoms. The van der Waals surface area contributed by atoms with E-state index in [-0.39, 0.29) is 16.7 Å². The predicted molar refractivity (Wildman–Crippen MR) is 130 cm³/mol. The second-order valence-corrected chi connectivity index (χ2v) is 10.6. The molecule has 1 aliphatic carbocycles. The Morgan fingerprint density at radius 2 is 2.03 bits per heavy atom. The fraction of sp³-hybridized carbons (Fsp3) is 0.667. The Morgan fingerprint density at radius 1 is 1.25 bits per heavy atom. The van der Waals surface area contributed by atoms with Crippen molar-refractivity contribution in [3.63, 3.8) is 0 Å². The minimum atomic E-state index is -0.388. The number of hydrogen-bond donors (Lipinski definition) is 0. The van der Waals surface area contributed by atoms with E-state index in [2.05, 4.69) is 48.7 Å². The van der Waals surface area contributed by atoms with Crippen molar-refractivity contribution in [2.45, 2.75) is 69.8 Å². The van der Waals surface area contributed by atoms with Crippen molar-refractivity contribution >= 4 is 17.2 Å². The quantitative estimate of drug-likeness (QED) is 0.293. The normalized spacial score (nSPS) is 34.0. The van der Waals surface area contributed by atoms with Crippen molar-refractivity contribution in [1.82, 2.24) is 4.90 Å². The summed E-state index contributed by atoms with van der Waals surface area (Å²) in [5, 5.41) is 0. The number of allylic oxidation sites excluding steroid dienone is 1. The van der Waals surface area contributed by atoms with Crippen molar-refractivity contribution in [1.29, 1.82) is 0 Å². The van der Waals surface area contributed by atoms with Crippen molar-refractivity contribution < 1.29 is 14.2 Å². The van der Waals surface area contributed by atoms with Gasteiger partial charge >= 0.3 is 0 Å². The van der Waals surface area contributed by atoms with E-state index in [1.165, 1.54) is 29.8 Å². The molecule has 0 amide bonds. The summed E-state index contributed by atoms with van der Waals surface area (Å²) in [6.45, 7) is 10.4. The summed E-state index contributed by atoms with van der Waals surface area (Å²) < 4.78 is 18.5. The molecular weight excluding hydrogens is 418 g/mol. The maximum absolute atomic E-state index is 6.32. The SMILES string of the molecule is C=CC(C)[C@@]1(CCCOCc2ccccc2)C(=S)N2CCC3(C[C@]24CCC[C@@H]41)OCCO3. The van der Waals surface area contributed by atoms with E-state index in [0.717, 1.165) is 52.0 Å². The van der Waals surface area contributed by atoms with E-state index in [1.807, 2.05) is 6.07 Å². The lowest BCUT2D eigenvalue weighted by Crippen LogP contribution is -2.58. The van der Waals surface area contributed by atoms with Gasteiger partial charge in [0.15, 0.2) is 5.79 Å². The summed E-state index contributed by atoms with van der Waals surface area (Å²) in [4.78, 5) is 3.78. The second-order valence-electron chi connectivity index (χ2n) is 10.2. The number of nitrogens with zero attached hydrogens (tertiary/aromatic N) is 1. The zero-order valence-corrected chi connectivity index (χ0v) is 20.2. The monoisotopic (exact) mass is 455 g/mol. The van der Waals surface area contributed by atoms with Gasteiger partial charge in [0.25, 0.3) is 0 Å². The number of benzene rings is 1. The minimum Gasteiger partial charge on any atom is -0.377 e. The molecule has 1 unspecified atom stereocenters. The highest BCUT2D eigenvalue weighted by molar-refractivity contribution is 7.80. The van der Waals surface area contributed by atoms with E-state index in [0.29, 0.717) is 18.4 Å². The molecule has 3 aliphatic heterocycles. The fourth-order valence-corrected chi connectivity index (χ4v) is 8.09. The van der Waals surface area contributed by atoms with E-state index in [9.17, 15) is 0 Å². The molecule has 0 bridgehead atoms. The van der Waals surface area contributed by atoms with Gasteiger partial charge in [-0.25, -0.2) is 0 Å². The lowest BCUT2D eigenvalue weighted by molar-refractivity contribution is -0.208. The number of piperidine rings is 1. The second kappa shape index (κ2) is 8.83. The van der Waals surface area contributed by atoms with Crippen molar-refractivity contribution in [3.05, 3.63) is 48.6 Å². The van der Waals surface area contributed by atoms with Crippen LogP contribution in [-0.2, 0) is 20.8 Å². The van der Waals surface area contributed by atoms with Crippen LogP contribution >= 0.6 is 12.2 Å². The van der Waals surface area contributed by atoms with Gasteiger partial charge in [-0.3, -0.25) is 0 Å². The molecular formula is C27H37NO3S. The number of rotatable bonds is 8. The molecule has 0 N–H and O–H groups in total. The molecule has 4 atom stereocenters. The summed E-state index contributed by atoms with van der Waals surface area (Å²) in [5.74, 6) is 0.492. The molecule has 2 spiro atoms. The molecule has 1 saturated carbocycles. The summed E-state index contributed by atoms with van der Waals surface area (Å²) in [5.41, 5.74) is 1.29. The lowest BCUT2D eigenvalue weighted by atomic mass is 9.61. The number of hydrogen-bond acceptors (Lipinski definition) is 4. The molecule has 0 aromatic heterocycles. The molecule has 3 heterocycles. The van der Waals surface area contributed by atoms with Gasteiger partial charge in [-0.05, 0) is 43.1 Å². The van der Waals surface area contributed by atoms with Crippen LogP contribution in [0.15, 0.2) is 43.0 Å². The Labute approximate surface area is 198 Å². The van der Waals surface area contributed by atoms with Crippen molar-refractivity contribution in [2.24, 2.45) is 17.3 Å². The van der Waals surface area contributed by atoms with Crippen LogP contribution in [0.2, 0.25) is 0 Å². The third-order valence-corrected chi connectivity index (χ3v) is 9.42. The minimum absolute atomic E-state index is 0.0200. The van der Waals surface area contributed by atoms with Crippen LogP contribution in [0.25, 0.3) is 0 Å². The van der Waals surface area contributed by atoms with Crippen LogP contribution in [0.3, 0.4) is 0 Å². The Bertz CT molecular complexity index is 839. The Kier molecular flexibility index (Phi) is 6.21. The average molecular weight is 456 g/mol.